The Morgan fingerprint density at radius 1 is 0.731 bits per heavy atom. The van der Waals surface area contributed by atoms with Crippen molar-refractivity contribution >= 4 is 5.97 Å². The van der Waals surface area contributed by atoms with Gasteiger partial charge in [-0.15, -0.1) is 0 Å². The molecule has 0 aliphatic heterocycles. The molecule has 4 nitrogen and oxygen atoms in total. The summed E-state index contributed by atoms with van der Waals surface area (Å²) >= 11 is 0. The van der Waals surface area contributed by atoms with Crippen LogP contribution in [0, 0.1) is 13.8 Å². The van der Waals surface area contributed by atoms with Crippen LogP contribution in [0.25, 0.3) is 0 Å². The molecule has 0 saturated heterocycles. The summed E-state index contributed by atoms with van der Waals surface area (Å²) in [5, 5.41) is 0. The fourth-order valence-corrected chi connectivity index (χ4v) is 2.27. The molecule has 3 aromatic rings. The van der Waals surface area contributed by atoms with Crippen LogP contribution in [0.4, 0.5) is 0 Å². The first-order valence-electron chi connectivity index (χ1n) is 8.34. The minimum atomic E-state index is -0.416. The van der Waals surface area contributed by atoms with E-state index in [2.05, 4.69) is 0 Å². The third-order valence-electron chi connectivity index (χ3n) is 3.82. The molecular weight excluding hydrogens is 328 g/mol. The molecule has 0 aliphatic rings. The van der Waals surface area contributed by atoms with Gasteiger partial charge < -0.3 is 9.62 Å². The zero-order valence-electron chi connectivity index (χ0n) is 14.8. The van der Waals surface area contributed by atoms with E-state index in [0.717, 1.165) is 11.1 Å². The van der Waals surface area contributed by atoms with E-state index in [-0.39, 0.29) is 0 Å². The first kappa shape index (κ1) is 17.7. The van der Waals surface area contributed by atoms with Gasteiger partial charge >= 0.3 is 5.97 Å². The Balaban J connectivity index is 1.51. The lowest BCUT2D eigenvalue weighted by Crippen LogP contribution is -2.08. The van der Waals surface area contributed by atoms with E-state index >= 15 is 0 Å². The number of carbonyl (C=O) groups is 1. The van der Waals surface area contributed by atoms with Gasteiger partial charge in [-0.2, -0.15) is 4.89 Å². The quantitative estimate of drug-likeness (QED) is 0.271. The summed E-state index contributed by atoms with van der Waals surface area (Å²) in [6.45, 7) is 4.36. The van der Waals surface area contributed by atoms with Crippen molar-refractivity contribution < 1.29 is 19.3 Å². The molecule has 0 saturated carbocycles. The highest BCUT2D eigenvalue weighted by molar-refractivity contribution is 5.91. The third-order valence-corrected chi connectivity index (χ3v) is 3.82. The molecule has 0 unspecified atom stereocenters. The van der Waals surface area contributed by atoms with Crippen LogP contribution in [-0.2, 0) is 11.5 Å². The summed E-state index contributed by atoms with van der Waals surface area (Å²) in [6.07, 6.45) is 0. The van der Waals surface area contributed by atoms with Gasteiger partial charge in [-0.1, -0.05) is 47.5 Å². The van der Waals surface area contributed by atoms with Crippen LogP contribution in [0.5, 0.6) is 11.5 Å². The molecule has 0 heterocycles. The normalized spacial score (nSPS) is 10.4. The molecule has 0 amide bonds. The van der Waals surface area contributed by atoms with Gasteiger partial charge in [0.05, 0.1) is 5.56 Å². The first-order chi connectivity index (χ1) is 12.6. The number of ether oxygens (including phenoxy) is 1. The van der Waals surface area contributed by atoms with E-state index in [1.807, 2.05) is 50.2 Å². The maximum absolute atomic E-state index is 12.1. The minimum Gasteiger partial charge on any atom is -0.423 e. The SMILES string of the molecule is Cc1ccc(COOc2ccc(C(=O)Oc3ccc(C)cc3)cc2)cc1. The predicted molar refractivity (Wildman–Crippen MR) is 99.2 cm³/mol. The molecule has 132 valence electrons. The smallest absolute Gasteiger partial charge is 0.343 e. The monoisotopic (exact) mass is 348 g/mol. The average molecular weight is 348 g/mol. The molecular formula is C22H20O4. The highest BCUT2D eigenvalue weighted by Gasteiger charge is 2.09. The molecule has 4 heteroatoms. The number of hydrogen-bond donors (Lipinski definition) is 0. The van der Waals surface area contributed by atoms with Crippen LogP contribution in [0.15, 0.2) is 72.8 Å². The zero-order valence-corrected chi connectivity index (χ0v) is 14.8. The number of rotatable bonds is 6. The molecule has 0 fully saturated rings. The number of esters is 1. The largest absolute Gasteiger partial charge is 0.423 e. The Morgan fingerprint density at radius 3 is 1.88 bits per heavy atom. The van der Waals surface area contributed by atoms with E-state index in [1.165, 1.54) is 5.56 Å². The van der Waals surface area contributed by atoms with Crippen LogP contribution < -0.4 is 9.62 Å². The maximum Gasteiger partial charge on any atom is 0.343 e. The molecule has 26 heavy (non-hydrogen) atoms. The van der Waals surface area contributed by atoms with Crippen molar-refractivity contribution in [3.63, 3.8) is 0 Å². The minimum absolute atomic E-state index is 0.345. The van der Waals surface area contributed by atoms with Gasteiger partial charge in [0.1, 0.15) is 12.4 Å². The molecule has 0 aromatic heterocycles. The van der Waals surface area contributed by atoms with Crippen LogP contribution in [0.3, 0.4) is 0 Å². The van der Waals surface area contributed by atoms with Gasteiger partial charge in [0.25, 0.3) is 0 Å². The number of aryl methyl sites for hydroxylation is 2. The molecule has 0 aliphatic carbocycles. The molecule has 0 radical (unpaired) electrons. The third kappa shape index (κ3) is 4.94. The fourth-order valence-electron chi connectivity index (χ4n) is 2.27. The van der Waals surface area contributed by atoms with Crippen molar-refractivity contribution in [1.29, 1.82) is 0 Å². The standard InChI is InChI=1S/C22H20O4/c1-16-3-7-18(8-4-16)15-24-26-21-13-9-19(10-14-21)22(23)25-20-11-5-17(2)6-12-20/h3-14H,15H2,1-2H3. The second-order valence-corrected chi connectivity index (χ2v) is 6.06. The van der Waals surface area contributed by atoms with Crippen molar-refractivity contribution in [2.24, 2.45) is 0 Å². The fraction of sp³-hybridized carbons (Fsp3) is 0.136. The molecule has 3 aromatic carbocycles. The summed E-state index contributed by atoms with van der Waals surface area (Å²) < 4.78 is 5.33. The Morgan fingerprint density at radius 2 is 1.27 bits per heavy atom. The Hall–Kier alpha value is -3.11. The Kier molecular flexibility index (Phi) is 5.66. The molecule has 0 spiro atoms. The summed E-state index contributed by atoms with van der Waals surface area (Å²) in [5.74, 6) is 0.618. The number of carbonyl (C=O) groups excluding carboxylic acids is 1. The van der Waals surface area contributed by atoms with Crippen LogP contribution in [0.2, 0.25) is 0 Å². The lowest BCUT2D eigenvalue weighted by atomic mass is 10.2. The molecule has 0 bridgehead atoms. The van der Waals surface area contributed by atoms with Gasteiger partial charge in [-0.25, -0.2) is 4.79 Å². The van der Waals surface area contributed by atoms with Crippen molar-refractivity contribution in [3.05, 3.63) is 95.1 Å². The number of hydrogen-bond acceptors (Lipinski definition) is 4. The van der Waals surface area contributed by atoms with E-state index in [4.69, 9.17) is 14.5 Å². The molecule has 0 atom stereocenters. The van der Waals surface area contributed by atoms with Crippen LogP contribution in [0.1, 0.15) is 27.0 Å². The topological polar surface area (TPSA) is 44.8 Å². The van der Waals surface area contributed by atoms with Crippen molar-refractivity contribution in [3.8, 4) is 11.5 Å². The zero-order chi connectivity index (χ0) is 18.4. The van der Waals surface area contributed by atoms with E-state index in [0.29, 0.717) is 23.7 Å². The number of benzene rings is 3. The van der Waals surface area contributed by atoms with Crippen LogP contribution in [-0.4, -0.2) is 5.97 Å². The Labute approximate surface area is 152 Å². The van der Waals surface area contributed by atoms with E-state index in [9.17, 15) is 4.79 Å². The summed E-state index contributed by atoms with van der Waals surface area (Å²) in [4.78, 5) is 22.6. The molecule has 3 rings (SSSR count). The summed E-state index contributed by atoms with van der Waals surface area (Å²) in [7, 11) is 0. The van der Waals surface area contributed by atoms with Gasteiger partial charge in [-0.05, 0) is 55.8 Å². The van der Waals surface area contributed by atoms with E-state index < -0.39 is 5.97 Å². The van der Waals surface area contributed by atoms with E-state index in [1.54, 1.807) is 36.4 Å². The lowest BCUT2D eigenvalue weighted by molar-refractivity contribution is -0.217. The molecule has 0 N–H and O–H groups in total. The van der Waals surface area contributed by atoms with Crippen LogP contribution >= 0.6 is 0 Å². The second-order valence-electron chi connectivity index (χ2n) is 6.06. The summed E-state index contributed by atoms with van der Waals surface area (Å²) in [6, 6.07) is 22.0. The van der Waals surface area contributed by atoms with Gasteiger partial charge in [0, 0.05) is 0 Å². The lowest BCUT2D eigenvalue weighted by Gasteiger charge is -2.07. The predicted octanol–water partition coefficient (Wildman–Crippen LogP) is 5.03. The van der Waals surface area contributed by atoms with Crippen molar-refractivity contribution in [1.82, 2.24) is 0 Å². The average Bonchev–Trinajstić information content (AvgIpc) is 2.66. The first-order valence-corrected chi connectivity index (χ1v) is 8.34. The van der Waals surface area contributed by atoms with Crippen molar-refractivity contribution in [2.75, 3.05) is 0 Å². The van der Waals surface area contributed by atoms with Gasteiger partial charge in [0.15, 0.2) is 5.75 Å². The second kappa shape index (κ2) is 8.32. The maximum atomic E-state index is 12.1. The van der Waals surface area contributed by atoms with Gasteiger partial charge in [-0.3, -0.25) is 0 Å². The van der Waals surface area contributed by atoms with Gasteiger partial charge in [0.2, 0.25) is 0 Å². The van der Waals surface area contributed by atoms with Crippen molar-refractivity contribution in [2.45, 2.75) is 20.5 Å². The summed E-state index contributed by atoms with van der Waals surface area (Å²) in [5.41, 5.74) is 3.77. The highest BCUT2D eigenvalue weighted by Crippen LogP contribution is 2.17. The highest BCUT2D eigenvalue weighted by atomic mass is 17.2. The Bertz CT molecular complexity index is 850.